The predicted octanol–water partition coefficient (Wildman–Crippen LogP) is 6.63. The molecule has 2 aromatic carbocycles. The Bertz CT molecular complexity index is 1150. The fourth-order valence-electron chi connectivity index (χ4n) is 3.07. The number of hydrogen-bond donors (Lipinski definition) is 2. The largest absolute Gasteiger partial charge is 0.444 e. The first-order valence-electron chi connectivity index (χ1n) is 10.5. The van der Waals surface area contributed by atoms with Gasteiger partial charge in [0.1, 0.15) is 11.4 Å². The number of nitrogens with one attached hydrogen (secondary N) is 2. The topological polar surface area (TPSA) is 96.4 Å². The van der Waals surface area contributed by atoms with E-state index in [2.05, 4.69) is 20.6 Å². The third kappa shape index (κ3) is 7.60. The quantitative estimate of drug-likeness (QED) is 0.214. The van der Waals surface area contributed by atoms with Gasteiger partial charge in [0.15, 0.2) is 0 Å². The van der Waals surface area contributed by atoms with Crippen molar-refractivity contribution < 1.29 is 14.3 Å². The lowest BCUT2D eigenvalue weighted by molar-refractivity contribution is 0.0636. The summed E-state index contributed by atoms with van der Waals surface area (Å²) in [4.78, 5) is 33.9. The van der Waals surface area contributed by atoms with E-state index in [4.69, 9.17) is 27.9 Å². The number of anilines is 4. The molecule has 0 bridgehead atoms. The fraction of sp³-hybridized carbons (Fsp3) is 0.250. The van der Waals surface area contributed by atoms with E-state index in [0.29, 0.717) is 35.8 Å². The van der Waals surface area contributed by atoms with Crippen LogP contribution in [-0.4, -0.2) is 33.6 Å². The van der Waals surface area contributed by atoms with Crippen molar-refractivity contribution >= 4 is 57.5 Å². The van der Waals surface area contributed by atoms with Gasteiger partial charge in [-0.1, -0.05) is 24.3 Å². The van der Waals surface area contributed by atoms with Crippen LogP contribution >= 0.6 is 23.2 Å². The molecule has 3 rings (SSSR count). The van der Waals surface area contributed by atoms with Crippen molar-refractivity contribution in [2.45, 2.75) is 32.8 Å². The van der Waals surface area contributed by atoms with Crippen molar-refractivity contribution in [2.75, 3.05) is 22.1 Å². The van der Waals surface area contributed by atoms with E-state index >= 15 is 0 Å². The zero-order valence-corrected chi connectivity index (χ0v) is 20.5. The van der Waals surface area contributed by atoms with Gasteiger partial charge < -0.3 is 10.1 Å². The predicted molar refractivity (Wildman–Crippen MR) is 135 cm³/mol. The van der Waals surface area contributed by atoms with E-state index in [1.54, 1.807) is 57.3 Å². The maximum Gasteiger partial charge on any atom is 0.412 e. The molecule has 3 aromatic rings. The molecule has 0 atom stereocenters. The van der Waals surface area contributed by atoms with Gasteiger partial charge in [-0.25, -0.2) is 14.8 Å². The normalized spacial score (nSPS) is 11.0. The highest BCUT2D eigenvalue weighted by atomic mass is 35.5. The second kappa shape index (κ2) is 11.2. The number of halogens is 2. The minimum absolute atomic E-state index is 0.0719. The second-order valence-corrected chi connectivity index (χ2v) is 9.00. The summed E-state index contributed by atoms with van der Waals surface area (Å²) in [7, 11) is 0. The molecular formula is C24H25Cl2N5O3. The molecule has 34 heavy (non-hydrogen) atoms. The van der Waals surface area contributed by atoms with Crippen LogP contribution in [-0.2, 0) is 11.2 Å². The molecule has 0 aliphatic carbocycles. The Morgan fingerprint density at radius 1 is 1.06 bits per heavy atom. The number of benzene rings is 2. The number of carbonyl (C=O) groups is 2. The van der Waals surface area contributed by atoms with E-state index in [9.17, 15) is 9.59 Å². The van der Waals surface area contributed by atoms with Gasteiger partial charge in [-0.3, -0.25) is 15.0 Å². The van der Waals surface area contributed by atoms with E-state index in [1.807, 2.05) is 24.3 Å². The van der Waals surface area contributed by atoms with Crippen molar-refractivity contribution in [3.8, 4) is 0 Å². The van der Waals surface area contributed by atoms with Gasteiger partial charge in [-0.15, -0.1) is 0 Å². The monoisotopic (exact) mass is 501 g/mol. The summed E-state index contributed by atoms with van der Waals surface area (Å²) in [6.07, 6.45) is 1.47. The molecule has 0 radical (unpaired) electrons. The van der Waals surface area contributed by atoms with Gasteiger partial charge in [0.2, 0.25) is 5.28 Å². The lowest BCUT2D eigenvalue weighted by Gasteiger charge is -2.21. The number of rotatable bonds is 7. The molecular weight excluding hydrogens is 477 g/mol. The molecule has 0 spiro atoms. The van der Waals surface area contributed by atoms with Gasteiger partial charge in [-0.05, 0) is 80.7 Å². The first kappa shape index (κ1) is 25.3. The zero-order chi connectivity index (χ0) is 24.7. The van der Waals surface area contributed by atoms with E-state index in [1.165, 1.54) is 4.90 Å². The standard InChI is InChI=1S/C24H25Cl2N5O3/c1-24(2,3)34-23(33)29-18-9-7-8-17(14-18)28-20-16(15-27-21(25)30-20)12-13-31(22(26)32)19-10-5-4-6-11-19/h4-11,14-15H,12-13H2,1-3H3,(H,29,33)(H,27,28,30). The summed E-state index contributed by atoms with van der Waals surface area (Å²) >= 11 is 11.8. The number of amides is 2. The van der Waals surface area contributed by atoms with Crippen molar-refractivity contribution in [1.82, 2.24) is 9.97 Å². The summed E-state index contributed by atoms with van der Waals surface area (Å²) in [6, 6.07) is 16.2. The van der Waals surface area contributed by atoms with Crippen LogP contribution in [0.25, 0.3) is 0 Å². The molecule has 1 aromatic heterocycles. The molecule has 178 valence electrons. The molecule has 2 N–H and O–H groups in total. The Balaban J connectivity index is 1.75. The number of carbonyl (C=O) groups excluding carboxylic acids is 2. The smallest absolute Gasteiger partial charge is 0.412 e. The van der Waals surface area contributed by atoms with Gasteiger partial charge >= 0.3 is 11.5 Å². The SMILES string of the molecule is CC(C)(C)OC(=O)Nc1cccc(Nc2nc(Cl)ncc2CCN(C(=O)Cl)c2ccccc2)c1. The highest BCUT2D eigenvalue weighted by Gasteiger charge is 2.17. The number of aromatic nitrogens is 2. The highest BCUT2D eigenvalue weighted by Crippen LogP contribution is 2.24. The number of para-hydroxylation sites is 1. The van der Waals surface area contributed by atoms with Crippen molar-refractivity contribution in [2.24, 2.45) is 0 Å². The first-order chi connectivity index (χ1) is 16.1. The van der Waals surface area contributed by atoms with Crippen LogP contribution in [0.1, 0.15) is 26.3 Å². The molecule has 0 aliphatic heterocycles. The van der Waals surface area contributed by atoms with Crippen LogP contribution in [0, 0.1) is 0 Å². The highest BCUT2D eigenvalue weighted by molar-refractivity contribution is 6.66. The third-order valence-electron chi connectivity index (χ3n) is 4.49. The van der Waals surface area contributed by atoms with Crippen LogP contribution in [0.5, 0.6) is 0 Å². The van der Waals surface area contributed by atoms with Crippen molar-refractivity contribution in [3.63, 3.8) is 0 Å². The molecule has 8 nitrogen and oxygen atoms in total. The lowest BCUT2D eigenvalue weighted by atomic mass is 10.2. The molecule has 0 unspecified atom stereocenters. The Labute approximate surface area is 208 Å². The van der Waals surface area contributed by atoms with E-state index in [0.717, 1.165) is 5.56 Å². The summed E-state index contributed by atoms with van der Waals surface area (Å²) in [5, 5.41) is 5.39. The van der Waals surface area contributed by atoms with Gasteiger partial charge in [0, 0.05) is 35.4 Å². The number of hydrogen-bond acceptors (Lipinski definition) is 6. The Hall–Kier alpha value is -3.36. The van der Waals surface area contributed by atoms with Crippen LogP contribution < -0.4 is 15.5 Å². The minimum atomic E-state index is -0.607. The zero-order valence-electron chi connectivity index (χ0n) is 19.0. The maximum absolute atomic E-state index is 12.1. The molecule has 0 saturated heterocycles. The Kier molecular flexibility index (Phi) is 8.31. The van der Waals surface area contributed by atoms with Crippen molar-refractivity contribution in [1.29, 1.82) is 0 Å². The average molecular weight is 502 g/mol. The number of ether oxygens (including phenoxy) is 1. The third-order valence-corrected chi connectivity index (χ3v) is 4.88. The molecule has 0 saturated carbocycles. The minimum Gasteiger partial charge on any atom is -0.444 e. The van der Waals surface area contributed by atoms with Gasteiger partial charge in [0.25, 0.3) is 0 Å². The summed E-state index contributed by atoms with van der Waals surface area (Å²) in [5.41, 5.74) is 2.02. The van der Waals surface area contributed by atoms with Gasteiger partial charge in [-0.2, -0.15) is 0 Å². The lowest BCUT2D eigenvalue weighted by Crippen LogP contribution is -2.28. The average Bonchev–Trinajstić information content (AvgIpc) is 2.74. The second-order valence-electron chi connectivity index (χ2n) is 8.34. The van der Waals surface area contributed by atoms with E-state index < -0.39 is 17.1 Å². The molecule has 1 heterocycles. The Morgan fingerprint density at radius 2 is 1.76 bits per heavy atom. The van der Waals surface area contributed by atoms with E-state index in [-0.39, 0.29) is 5.28 Å². The first-order valence-corrected chi connectivity index (χ1v) is 11.3. The van der Waals surface area contributed by atoms with Gasteiger partial charge in [0.05, 0.1) is 0 Å². The molecule has 0 fully saturated rings. The van der Waals surface area contributed by atoms with Crippen LogP contribution in [0.2, 0.25) is 5.28 Å². The fourth-order valence-corrected chi connectivity index (χ4v) is 3.38. The maximum atomic E-state index is 12.1. The van der Waals surface area contributed by atoms with Crippen LogP contribution in [0.15, 0.2) is 60.8 Å². The summed E-state index contributed by atoms with van der Waals surface area (Å²) < 4.78 is 5.29. The van der Waals surface area contributed by atoms with Crippen LogP contribution in [0.4, 0.5) is 32.5 Å². The summed E-state index contributed by atoms with van der Waals surface area (Å²) in [5.74, 6) is 0.476. The van der Waals surface area contributed by atoms with Crippen LogP contribution in [0.3, 0.4) is 0 Å². The number of nitrogens with zero attached hydrogens (tertiary/aromatic N) is 3. The molecule has 0 aliphatic rings. The Morgan fingerprint density at radius 3 is 2.44 bits per heavy atom. The van der Waals surface area contributed by atoms with Crippen molar-refractivity contribution in [3.05, 3.63) is 71.6 Å². The molecule has 2 amide bonds. The summed E-state index contributed by atoms with van der Waals surface area (Å²) in [6.45, 7) is 5.69. The molecule has 10 heteroatoms.